The summed E-state index contributed by atoms with van der Waals surface area (Å²) in [5, 5.41) is 16.1. The van der Waals surface area contributed by atoms with Crippen molar-refractivity contribution in [2.45, 2.75) is 24.7 Å². The molecule has 2 unspecified atom stereocenters. The van der Waals surface area contributed by atoms with Crippen molar-refractivity contribution in [3.05, 3.63) is 128 Å². The zero-order valence-electron chi connectivity index (χ0n) is 26.6. The molecule has 11 nitrogen and oxygen atoms in total. The van der Waals surface area contributed by atoms with Crippen LogP contribution in [0, 0.1) is 17.2 Å². The fraction of sp³-hybridized carbons (Fsp3) is 0.333. The highest BCUT2D eigenvalue weighted by Crippen LogP contribution is 2.41. The number of esters is 1. The van der Waals surface area contributed by atoms with Crippen LogP contribution in [0.15, 0.2) is 106 Å². The van der Waals surface area contributed by atoms with Crippen molar-refractivity contribution in [3.8, 4) is 6.07 Å². The third kappa shape index (κ3) is 9.77. The lowest BCUT2D eigenvalue weighted by Gasteiger charge is -2.33. The Bertz CT molecular complexity index is 1650. The molecule has 0 fully saturated rings. The summed E-state index contributed by atoms with van der Waals surface area (Å²) in [6.07, 6.45) is 0.610. The first-order valence-corrected chi connectivity index (χ1v) is 15.9. The van der Waals surface area contributed by atoms with Crippen LogP contribution in [0.1, 0.15) is 41.4 Å². The molecule has 4 rings (SSSR count). The molecule has 48 heavy (non-hydrogen) atoms. The molecule has 1 N–H and O–H groups in total. The predicted octanol–water partition coefficient (Wildman–Crippen LogP) is 6.52. The Labute approximate surface area is 284 Å². The molecule has 0 aliphatic carbocycles. The number of halogens is 1. The third-order valence-electron chi connectivity index (χ3n) is 7.81. The number of amides is 1. The lowest BCUT2D eigenvalue weighted by Crippen LogP contribution is -2.42. The molecule has 3 aromatic rings. The third-order valence-corrected chi connectivity index (χ3v) is 8.04. The standard InChI is InChI=1S/C36H37ClN6O5/c1-46-23-30-34(36(45)48-20-9-17-38)32(27-14-8-15-28(37)22-27)33(31(42-30)24-47-21-19-41-43-39)35(44)40-18-16-29(25-10-4-2-5-11-25)26-12-6-3-7-13-26/h2-8,10-15,22,29,32,34H,9,16,18-21,23-24H2,1H3,(H,40,44). The number of hydrogen-bond donors (Lipinski definition) is 1. The number of nitrogens with one attached hydrogen (secondary N) is 1. The highest BCUT2D eigenvalue weighted by Gasteiger charge is 2.44. The van der Waals surface area contributed by atoms with Crippen molar-refractivity contribution in [1.82, 2.24) is 5.32 Å². The average molecular weight is 669 g/mol. The maximum Gasteiger partial charge on any atom is 0.315 e. The van der Waals surface area contributed by atoms with E-state index in [4.69, 9.17) is 41.6 Å². The maximum atomic E-state index is 14.3. The number of hydrogen-bond acceptors (Lipinski definition) is 8. The summed E-state index contributed by atoms with van der Waals surface area (Å²) >= 11 is 6.43. The van der Waals surface area contributed by atoms with E-state index < -0.39 is 23.7 Å². The second-order valence-corrected chi connectivity index (χ2v) is 11.3. The molecule has 3 aromatic carbocycles. The van der Waals surface area contributed by atoms with Crippen LogP contribution >= 0.6 is 11.6 Å². The van der Waals surface area contributed by atoms with E-state index in [9.17, 15) is 9.59 Å². The molecule has 0 bridgehead atoms. The lowest BCUT2D eigenvalue weighted by molar-refractivity contribution is -0.146. The van der Waals surface area contributed by atoms with Crippen molar-refractivity contribution >= 4 is 29.2 Å². The van der Waals surface area contributed by atoms with Gasteiger partial charge < -0.3 is 19.5 Å². The van der Waals surface area contributed by atoms with E-state index >= 15 is 0 Å². The zero-order chi connectivity index (χ0) is 34.1. The van der Waals surface area contributed by atoms with Gasteiger partial charge in [-0.3, -0.25) is 14.6 Å². The van der Waals surface area contributed by atoms with E-state index in [0.717, 1.165) is 11.1 Å². The largest absolute Gasteiger partial charge is 0.464 e. The van der Waals surface area contributed by atoms with E-state index in [0.29, 0.717) is 35.0 Å². The molecule has 12 heteroatoms. The van der Waals surface area contributed by atoms with Crippen LogP contribution in [-0.4, -0.2) is 64.2 Å². The van der Waals surface area contributed by atoms with Crippen LogP contribution in [0.3, 0.4) is 0 Å². The number of nitriles is 1. The maximum absolute atomic E-state index is 14.3. The summed E-state index contributed by atoms with van der Waals surface area (Å²) < 4.78 is 16.7. The van der Waals surface area contributed by atoms with Gasteiger partial charge in [-0.25, -0.2) is 0 Å². The highest BCUT2D eigenvalue weighted by atomic mass is 35.5. The Balaban J connectivity index is 1.73. The molecular weight excluding hydrogens is 632 g/mol. The molecule has 248 valence electrons. The zero-order valence-corrected chi connectivity index (χ0v) is 27.4. The first kappa shape index (κ1) is 35.9. The Kier molecular flexibility index (Phi) is 14.2. The molecule has 1 aliphatic rings. The molecule has 0 saturated heterocycles. The van der Waals surface area contributed by atoms with E-state index in [1.54, 1.807) is 24.3 Å². The van der Waals surface area contributed by atoms with Gasteiger partial charge in [0.25, 0.3) is 0 Å². The van der Waals surface area contributed by atoms with Gasteiger partial charge in [-0.05, 0) is 40.8 Å². The topological polar surface area (TPSA) is 159 Å². The molecule has 0 spiro atoms. The molecule has 0 radical (unpaired) electrons. The van der Waals surface area contributed by atoms with Crippen LogP contribution in [0.25, 0.3) is 10.4 Å². The van der Waals surface area contributed by atoms with Gasteiger partial charge in [0.15, 0.2) is 0 Å². The fourth-order valence-electron chi connectivity index (χ4n) is 5.75. The van der Waals surface area contributed by atoms with Gasteiger partial charge in [0.1, 0.15) is 12.5 Å². The van der Waals surface area contributed by atoms with Crippen molar-refractivity contribution < 1.29 is 23.8 Å². The summed E-state index contributed by atoms with van der Waals surface area (Å²) in [6.45, 7) is 0.259. The molecule has 1 heterocycles. The van der Waals surface area contributed by atoms with Crippen molar-refractivity contribution in [2.75, 3.05) is 46.6 Å². The number of benzene rings is 3. The van der Waals surface area contributed by atoms with Crippen molar-refractivity contribution in [1.29, 1.82) is 5.26 Å². The number of aliphatic imine (C=N–C) groups is 1. The summed E-state index contributed by atoms with van der Waals surface area (Å²) in [5.41, 5.74) is 12.4. The van der Waals surface area contributed by atoms with E-state index in [1.807, 2.05) is 42.5 Å². The molecule has 0 saturated carbocycles. The quantitative estimate of drug-likeness (QED) is 0.0567. The van der Waals surface area contributed by atoms with Crippen molar-refractivity contribution in [2.24, 2.45) is 16.0 Å². The number of carbonyl (C=O) groups excluding carboxylic acids is 2. The average Bonchev–Trinajstić information content (AvgIpc) is 3.10. The summed E-state index contributed by atoms with van der Waals surface area (Å²) in [7, 11) is 1.48. The van der Waals surface area contributed by atoms with Crippen LogP contribution in [0.5, 0.6) is 0 Å². The molecular formula is C36H37ClN6O5. The van der Waals surface area contributed by atoms with Gasteiger partial charge in [-0.1, -0.05) is 89.5 Å². The first-order chi connectivity index (χ1) is 23.5. The highest BCUT2D eigenvalue weighted by molar-refractivity contribution is 6.30. The van der Waals surface area contributed by atoms with Gasteiger partial charge in [-0.2, -0.15) is 5.26 Å². The Morgan fingerprint density at radius 3 is 2.38 bits per heavy atom. The number of ether oxygens (including phenoxy) is 3. The Hall–Kier alpha value is -4.98. The van der Waals surface area contributed by atoms with Crippen LogP contribution in [-0.2, 0) is 23.8 Å². The van der Waals surface area contributed by atoms with Gasteiger partial charge >= 0.3 is 5.97 Å². The summed E-state index contributed by atoms with van der Waals surface area (Å²) in [6, 6.07) is 29.1. The van der Waals surface area contributed by atoms with Crippen LogP contribution in [0.2, 0.25) is 5.02 Å². The smallest absolute Gasteiger partial charge is 0.315 e. The predicted molar refractivity (Wildman–Crippen MR) is 182 cm³/mol. The fourth-order valence-corrected chi connectivity index (χ4v) is 5.95. The van der Waals surface area contributed by atoms with E-state index in [2.05, 4.69) is 39.6 Å². The monoisotopic (exact) mass is 668 g/mol. The number of azide groups is 1. The Morgan fingerprint density at radius 1 is 1.04 bits per heavy atom. The molecule has 0 aromatic heterocycles. The lowest BCUT2D eigenvalue weighted by atomic mass is 9.75. The molecule has 2 atom stereocenters. The minimum Gasteiger partial charge on any atom is -0.464 e. The number of methoxy groups -OCH3 is 1. The van der Waals surface area contributed by atoms with Gasteiger partial charge in [0, 0.05) is 47.5 Å². The number of rotatable bonds is 17. The van der Waals surface area contributed by atoms with E-state index in [-0.39, 0.29) is 50.9 Å². The summed E-state index contributed by atoms with van der Waals surface area (Å²) in [4.78, 5) is 35.6. The number of carbonyl (C=O) groups is 2. The van der Waals surface area contributed by atoms with Gasteiger partial charge in [-0.15, -0.1) is 0 Å². The number of nitrogens with zero attached hydrogens (tertiary/aromatic N) is 5. The van der Waals surface area contributed by atoms with Gasteiger partial charge in [0.2, 0.25) is 5.91 Å². The van der Waals surface area contributed by atoms with E-state index in [1.165, 1.54) is 7.11 Å². The second kappa shape index (κ2) is 19.0. The van der Waals surface area contributed by atoms with Crippen molar-refractivity contribution in [3.63, 3.8) is 0 Å². The normalized spacial score (nSPS) is 15.7. The first-order valence-electron chi connectivity index (χ1n) is 15.5. The molecule has 1 amide bonds. The van der Waals surface area contributed by atoms with Gasteiger partial charge in [0.05, 0.1) is 43.7 Å². The minimum absolute atomic E-state index is 0.00843. The SMILES string of the molecule is COCC1=NC(COCCN=[N+]=[N-])=C(C(=O)NCCC(c2ccccc2)c2ccccc2)C(c2cccc(Cl)c2)C1C(=O)OCCC#N. The summed E-state index contributed by atoms with van der Waals surface area (Å²) in [5.74, 6) is -2.96. The Morgan fingerprint density at radius 2 is 1.75 bits per heavy atom. The van der Waals surface area contributed by atoms with Crippen LogP contribution in [0.4, 0.5) is 0 Å². The molecule has 1 aliphatic heterocycles. The minimum atomic E-state index is -1.05. The van der Waals surface area contributed by atoms with Crippen LogP contribution < -0.4 is 5.32 Å². The second-order valence-electron chi connectivity index (χ2n) is 10.9.